The summed E-state index contributed by atoms with van der Waals surface area (Å²) in [6, 6.07) is 0. The summed E-state index contributed by atoms with van der Waals surface area (Å²) >= 11 is 2.98. The Morgan fingerprint density at radius 1 is 1.29 bits per heavy atom. The van der Waals surface area contributed by atoms with Crippen LogP contribution in [0.15, 0.2) is 0 Å². The summed E-state index contributed by atoms with van der Waals surface area (Å²) in [5, 5.41) is 0.454. The molecule has 0 nitrogen and oxygen atoms in total. The molecule has 2 atom stereocenters. The number of rotatable bonds is 1. The van der Waals surface area contributed by atoms with Crippen molar-refractivity contribution >= 4 is 15.9 Å². The molecule has 7 heavy (non-hydrogen) atoms. The fraction of sp³-hybridized carbons (Fsp3) is 1.00. The minimum atomic E-state index is -1.18. The van der Waals surface area contributed by atoms with Gasteiger partial charge in [-0.1, -0.05) is 15.9 Å². The number of hydrogen-bond donors (Lipinski definition) is 0. The summed E-state index contributed by atoms with van der Waals surface area (Å²) in [7, 11) is 0. The van der Waals surface area contributed by atoms with Crippen molar-refractivity contribution in [3.63, 3.8) is 0 Å². The van der Waals surface area contributed by atoms with Crippen molar-refractivity contribution in [2.24, 2.45) is 5.92 Å². The quantitative estimate of drug-likeness (QED) is 0.526. The van der Waals surface area contributed by atoms with E-state index in [-0.39, 0.29) is 5.92 Å². The third-order valence-corrected chi connectivity index (χ3v) is 1.91. The van der Waals surface area contributed by atoms with Crippen LogP contribution in [0.5, 0.6) is 0 Å². The molecule has 1 fully saturated rings. The number of halogens is 3. The van der Waals surface area contributed by atoms with Gasteiger partial charge in [0.25, 0.3) is 0 Å². The smallest absolute Gasteiger partial charge is 0.138 e. The van der Waals surface area contributed by atoms with Crippen molar-refractivity contribution in [2.45, 2.75) is 12.3 Å². The zero-order valence-electron chi connectivity index (χ0n) is 3.57. The van der Waals surface area contributed by atoms with Gasteiger partial charge in [-0.15, -0.1) is 0 Å². The SMILES string of the molecule is FC1C(F)C1CBr. The normalized spacial score (nSPS) is 49.3. The molecule has 0 aromatic heterocycles. The summed E-state index contributed by atoms with van der Waals surface area (Å²) in [5.41, 5.74) is 0. The molecule has 1 rings (SSSR count). The molecule has 0 spiro atoms. The minimum absolute atomic E-state index is 0.347. The monoisotopic (exact) mass is 170 g/mol. The summed E-state index contributed by atoms with van der Waals surface area (Å²) in [4.78, 5) is 0. The Hall–Kier alpha value is 0.340. The topological polar surface area (TPSA) is 0 Å². The molecule has 0 N–H and O–H groups in total. The molecule has 3 heteroatoms. The van der Waals surface area contributed by atoms with E-state index in [4.69, 9.17) is 0 Å². The van der Waals surface area contributed by atoms with Gasteiger partial charge in [0.2, 0.25) is 0 Å². The van der Waals surface area contributed by atoms with E-state index in [1.807, 2.05) is 0 Å². The van der Waals surface area contributed by atoms with Crippen LogP contribution in [0.4, 0.5) is 8.78 Å². The first-order valence-electron chi connectivity index (χ1n) is 2.11. The lowest BCUT2D eigenvalue weighted by molar-refractivity contribution is 0.372. The largest absolute Gasteiger partial charge is 0.244 e. The maximum atomic E-state index is 11.8. The van der Waals surface area contributed by atoms with Crippen LogP contribution in [-0.2, 0) is 0 Å². The Labute approximate surface area is 49.0 Å². The van der Waals surface area contributed by atoms with E-state index in [1.54, 1.807) is 0 Å². The van der Waals surface area contributed by atoms with Crippen molar-refractivity contribution in [1.29, 1.82) is 0 Å². The molecule has 0 heterocycles. The molecular weight excluding hydrogens is 166 g/mol. The molecule has 1 saturated carbocycles. The van der Waals surface area contributed by atoms with Crippen LogP contribution < -0.4 is 0 Å². The molecule has 42 valence electrons. The predicted octanol–water partition coefficient (Wildman–Crippen LogP) is 1.69. The zero-order valence-corrected chi connectivity index (χ0v) is 5.16. The van der Waals surface area contributed by atoms with Crippen LogP contribution in [-0.4, -0.2) is 17.7 Å². The first-order valence-corrected chi connectivity index (χ1v) is 3.23. The second-order valence-electron chi connectivity index (χ2n) is 1.71. The third-order valence-electron chi connectivity index (χ3n) is 1.16. The van der Waals surface area contributed by atoms with Gasteiger partial charge in [-0.2, -0.15) is 0 Å². The standard InChI is InChI=1S/C4H5BrF2/c5-1-2-3(6)4(2)7/h2-4H,1H2. The summed E-state index contributed by atoms with van der Waals surface area (Å²) in [6.07, 6.45) is -2.36. The number of alkyl halides is 3. The van der Waals surface area contributed by atoms with Gasteiger partial charge in [0, 0.05) is 11.2 Å². The zero-order chi connectivity index (χ0) is 5.44. The molecule has 0 bridgehead atoms. The molecule has 2 unspecified atom stereocenters. The molecule has 1 aliphatic rings. The summed E-state index contributed by atoms with van der Waals surface area (Å²) in [5.74, 6) is -0.347. The second kappa shape index (κ2) is 1.69. The Morgan fingerprint density at radius 2 is 1.71 bits per heavy atom. The maximum Gasteiger partial charge on any atom is 0.138 e. The summed E-state index contributed by atoms with van der Waals surface area (Å²) < 4.78 is 23.5. The van der Waals surface area contributed by atoms with Gasteiger partial charge < -0.3 is 0 Å². The van der Waals surface area contributed by atoms with Gasteiger partial charge >= 0.3 is 0 Å². The number of hydrogen-bond acceptors (Lipinski definition) is 0. The van der Waals surface area contributed by atoms with E-state index < -0.39 is 12.3 Å². The molecule has 0 aromatic carbocycles. The van der Waals surface area contributed by atoms with Crippen molar-refractivity contribution in [3.05, 3.63) is 0 Å². The Kier molecular flexibility index (Phi) is 1.32. The van der Waals surface area contributed by atoms with Crippen LogP contribution in [0, 0.1) is 5.92 Å². The van der Waals surface area contributed by atoms with Gasteiger partial charge in [0.1, 0.15) is 12.3 Å². The lowest BCUT2D eigenvalue weighted by Gasteiger charge is -1.74. The minimum Gasteiger partial charge on any atom is -0.244 e. The third kappa shape index (κ3) is 0.784. The predicted molar refractivity (Wildman–Crippen MR) is 27.1 cm³/mol. The van der Waals surface area contributed by atoms with E-state index in [2.05, 4.69) is 15.9 Å². The highest BCUT2D eigenvalue weighted by Crippen LogP contribution is 2.38. The van der Waals surface area contributed by atoms with Gasteiger partial charge in [-0.25, -0.2) is 8.78 Å². The Bertz CT molecular complexity index is 68.1. The van der Waals surface area contributed by atoms with Crippen LogP contribution in [0.3, 0.4) is 0 Å². The van der Waals surface area contributed by atoms with E-state index in [0.717, 1.165) is 0 Å². The fourth-order valence-electron chi connectivity index (χ4n) is 0.463. The average molecular weight is 171 g/mol. The van der Waals surface area contributed by atoms with E-state index >= 15 is 0 Å². The molecule has 0 amide bonds. The van der Waals surface area contributed by atoms with Crippen LogP contribution in [0.25, 0.3) is 0 Å². The highest BCUT2D eigenvalue weighted by Gasteiger charge is 2.51. The Balaban J connectivity index is 2.24. The van der Waals surface area contributed by atoms with Gasteiger partial charge in [0.15, 0.2) is 0 Å². The first-order chi connectivity index (χ1) is 3.27. The highest BCUT2D eigenvalue weighted by molar-refractivity contribution is 9.09. The average Bonchev–Trinajstić information content (AvgIpc) is 2.17. The van der Waals surface area contributed by atoms with Crippen LogP contribution in [0.2, 0.25) is 0 Å². The van der Waals surface area contributed by atoms with E-state index in [0.29, 0.717) is 5.33 Å². The van der Waals surface area contributed by atoms with Gasteiger partial charge in [-0.3, -0.25) is 0 Å². The maximum absolute atomic E-state index is 11.8. The van der Waals surface area contributed by atoms with Crippen molar-refractivity contribution in [3.8, 4) is 0 Å². The van der Waals surface area contributed by atoms with Gasteiger partial charge in [0.05, 0.1) is 0 Å². The van der Waals surface area contributed by atoms with Crippen molar-refractivity contribution < 1.29 is 8.78 Å². The second-order valence-corrected chi connectivity index (χ2v) is 2.35. The molecule has 0 radical (unpaired) electrons. The lowest BCUT2D eigenvalue weighted by atomic mass is 10.5. The van der Waals surface area contributed by atoms with Crippen LogP contribution in [0.1, 0.15) is 0 Å². The molecular formula is C4H5BrF2. The molecule has 0 aliphatic heterocycles. The molecule has 0 aromatic rings. The van der Waals surface area contributed by atoms with Gasteiger partial charge in [-0.05, 0) is 0 Å². The van der Waals surface area contributed by atoms with E-state index in [9.17, 15) is 8.78 Å². The molecule has 1 aliphatic carbocycles. The molecule has 0 saturated heterocycles. The van der Waals surface area contributed by atoms with Crippen molar-refractivity contribution in [2.75, 3.05) is 5.33 Å². The Morgan fingerprint density at radius 3 is 1.71 bits per heavy atom. The van der Waals surface area contributed by atoms with Crippen LogP contribution >= 0.6 is 15.9 Å². The highest BCUT2D eigenvalue weighted by atomic mass is 79.9. The lowest BCUT2D eigenvalue weighted by Crippen LogP contribution is -1.78. The summed E-state index contributed by atoms with van der Waals surface area (Å²) in [6.45, 7) is 0. The first kappa shape index (κ1) is 5.48. The van der Waals surface area contributed by atoms with E-state index in [1.165, 1.54) is 0 Å². The fourth-order valence-corrected chi connectivity index (χ4v) is 1.18. The van der Waals surface area contributed by atoms with Crippen molar-refractivity contribution in [1.82, 2.24) is 0 Å².